The highest BCUT2D eigenvalue weighted by atomic mass is 16.3. The fourth-order valence-electron chi connectivity index (χ4n) is 1.61. The van der Waals surface area contributed by atoms with Gasteiger partial charge in [-0.25, -0.2) is 0 Å². The van der Waals surface area contributed by atoms with E-state index in [1.54, 1.807) is 0 Å². The van der Waals surface area contributed by atoms with Gasteiger partial charge in [0.1, 0.15) is 0 Å². The van der Waals surface area contributed by atoms with Gasteiger partial charge in [0.15, 0.2) is 0 Å². The van der Waals surface area contributed by atoms with Crippen LogP contribution in [0.3, 0.4) is 0 Å². The largest absolute Gasteiger partial charge is 0.393 e. The van der Waals surface area contributed by atoms with Crippen LogP contribution < -0.4 is 5.73 Å². The monoisotopic (exact) mass is 143 g/mol. The van der Waals surface area contributed by atoms with Crippen LogP contribution in [0.15, 0.2) is 0 Å². The lowest BCUT2D eigenvalue weighted by molar-refractivity contribution is 0.205. The first kappa shape index (κ1) is 8.02. The van der Waals surface area contributed by atoms with Crippen molar-refractivity contribution in [3.63, 3.8) is 0 Å². The SMILES string of the molecule is CC(C)(N)CC1(C)CC1O. The average molecular weight is 143 g/mol. The standard InChI is InChI=1S/C8H17NO/c1-7(2,9)5-8(3)4-6(8)10/h6,10H,4-5,9H2,1-3H3. The molecule has 2 atom stereocenters. The molecule has 0 bridgehead atoms. The van der Waals surface area contributed by atoms with E-state index < -0.39 is 0 Å². The predicted molar refractivity (Wildman–Crippen MR) is 41.6 cm³/mol. The molecule has 0 saturated heterocycles. The second-order valence-corrected chi connectivity index (χ2v) is 4.54. The second kappa shape index (κ2) is 1.95. The Bertz CT molecular complexity index is 139. The van der Waals surface area contributed by atoms with Gasteiger partial charge in [-0.15, -0.1) is 0 Å². The minimum Gasteiger partial charge on any atom is -0.393 e. The lowest BCUT2D eigenvalue weighted by atomic mass is 9.90. The molecule has 0 aromatic heterocycles. The molecule has 2 heteroatoms. The molecule has 60 valence electrons. The Morgan fingerprint density at radius 2 is 2.10 bits per heavy atom. The zero-order chi connectivity index (χ0) is 7.99. The van der Waals surface area contributed by atoms with E-state index >= 15 is 0 Å². The molecule has 1 rings (SSSR count). The summed E-state index contributed by atoms with van der Waals surface area (Å²) in [5.41, 5.74) is 5.80. The van der Waals surface area contributed by atoms with E-state index in [2.05, 4.69) is 6.92 Å². The van der Waals surface area contributed by atoms with Crippen molar-refractivity contribution in [1.82, 2.24) is 0 Å². The number of hydrogen-bond donors (Lipinski definition) is 2. The number of hydrogen-bond acceptors (Lipinski definition) is 2. The van der Waals surface area contributed by atoms with Gasteiger partial charge < -0.3 is 10.8 Å². The van der Waals surface area contributed by atoms with Gasteiger partial charge in [0, 0.05) is 5.54 Å². The molecule has 0 radical (unpaired) electrons. The minimum absolute atomic E-state index is 0.102. The van der Waals surface area contributed by atoms with Crippen LogP contribution in [0.4, 0.5) is 0 Å². The Balaban J connectivity index is 2.41. The van der Waals surface area contributed by atoms with Crippen LogP contribution in [0.2, 0.25) is 0 Å². The minimum atomic E-state index is -0.133. The van der Waals surface area contributed by atoms with E-state index in [-0.39, 0.29) is 17.1 Å². The summed E-state index contributed by atoms with van der Waals surface area (Å²) in [6.45, 7) is 6.10. The smallest absolute Gasteiger partial charge is 0.0601 e. The van der Waals surface area contributed by atoms with Crippen LogP contribution in [0.5, 0.6) is 0 Å². The first-order valence-corrected chi connectivity index (χ1v) is 3.80. The predicted octanol–water partition coefficient (Wildman–Crippen LogP) is 0.885. The summed E-state index contributed by atoms with van der Waals surface area (Å²) in [7, 11) is 0. The van der Waals surface area contributed by atoms with E-state index in [0.717, 1.165) is 12.8 Å². The molecule has 0 aromatic rings. The molecule has 0 aliphatic heterocycles. The van der Waals surface area contributed by atoms with Gasteiger partial charge in [-0.1, -0.05) is 6.92 Å². The molecular formula is C8H17NO. The van der Waals surface area contributed by atoms with Gasteiger partial charge in [-0.3, -0.25) is 0 Å². The summed E-state index contributed by atoms with van der Waals surface area (Å²) in [5.74, 6) is 0. The third-order valence-electron chi connectivity index (χ3n) is 2.16. The van der Waals surface area contributed by atoms with Crippen LogP contribution in [0, 0.1) is 5.41 Å². The highest BCUT2D eigenvalue weighted by Crippen LogP contribution is 2.50. The first-order valence-electron chi connectivity index (χ1n) is 3.80. The van der Waals surface area contributed by atoms with Crippen molar-refractivity contribution in [3.8, 4) is 0 Å². The molecule has 0 heterocycles. The summed E-state index contributed by atoms with van der Waals surface area (Å²) in [6, 6.07) is 0. The van der Waals surface area contributed by atoms with Crippen molar-refractivity contribution in [3.05, 3.63) is 0 Å². The number of rotatable bonds is 2. The van der Waals surface area contributed by atoms with Crippen LogP contribution >= 0.6 is 0 Å². The van der Waals surface area contributed by atoms with Crippen molar-refractivity contribution in [2.45, 2.75) is 45.3 Å². The molecule has 10 heavy (non-hydrogen) atoms. The van der Waals surface area contributed by atoms with Crippen molar-refractivity contribution in [2.75, 3.05) is 0 Å². The maximum Gasteiger partial charge on any atom is 0.0601 e. The molecule has 3 N–H and O–H groups in total. The Labute approximate surface area is 62.4 Å². The van der Waals surface area contributed by atoms with E-state index in [1.165, 1.54) is 0 Å². The van der Waals surface area contributed by atoms with E-state index in [1.807, 2.05) is 13.8 Å². The lowest BCUT2D eigenvalue weighted by Crippen LogP contribution is -2.35. The van der Waals surface area contributed by atoms with Crippen molar-refractivity contribution < 1.29 is 5.11 Å². The topological polar surface area (TPSA) is 46.2 Å². The van der Waals surface area contributed by atoms with Gasteiger partial charge in [0.2, 0.25) is 0 Å². The van der Waals surface area contributed by atoms with Crippen LogP contribution in [0.25, 0.3) is 0 Å². The fourth-order valence-corrected chi connectivity index (χ4v) is 1.61. The average Bonchev–Trinajstić information content (AvgIpc) is 2.05. The molecule has 2 nitrogen and oxygen atoms in total. The molecular weight excluding hydrogens is 126 g/mol. The number of nitrogens with two attached hydrogens (primary N) is 1. The molecule has 0 spiro atoms. The van der Waals surface area contributed by atoms with E-state index in [9.17, 15) is 5.11 Å². The highest BCUT2D eigenvalue weighted by molar-refractivity contribution is 5.02. The Morgan fingerprint density at radius 1 is 1.70 bits per heavy atom. The maximum absolute atomic E-state index is 9.19. The number of aliphatic hydroxyl groups excluding tert-OH is 1. The summed E-state index contributed by atoms with van der Waals surface area (Å²) >= 11 is 0. The van der Waals surface area contributed by atoms with Crippen molar-refractivity contribution >= 4 is 0 Å². The molecule has 0 aromatic carbocycles. The van der Waals surface area contributed by atoms with Crippen LogP contribution in [-0.2, 0) is 0 Å². The maximum atomic E-state index is 9.19. The van der Waals surface area contributed by atoms with Gasteiger partial charge in [-0.2, -0.15) is 0 Å². The van der Waals surface area contributed by atoms with E-state index in [4.69, 9.17) is 5.73 Å². The van der Waals surface area contributed by atoms with Gasteiger partial charge in [-0.05, 0) is 32.1 Å². The zero-order valence-electron chi connectivity index (χ0n) is 7.02. The van der Waals surface area contributed by atoms with Crippen LogP contribution in [0.1, 0.15) is 33.6 Å². The molecule has 1 fully saturated rings. The Morgan fingerprint density at radius 3 is 2.20 bits per heavy atom. The fraction of sp³-hybridized carbons (Fsp3) is 1.00. The molecule has 0 amide bonds. The molecule has 1 aliphatic carbocycles. The lowest BCUT2D eigenvalue weighted by Gasteiger charge is -2.22. The molecule has 2 unspecified atom stereocenters. The van der Waals surface area contributed by atoms with Gasteiger partial charge in [0.25, 0.3) is 0 Å². The van der Waals surface area contributed by atoms with Crippen molar-refractivity contribution in [2.24, 2.45) is 11.1 Å². The first-order chi connectivity index (χ1) is 4.33. The van der Waals surface area contributed by atoms with E-state index in [0.29, 0.717) is 0 Å². The van der Waals surface area contributed by atoms with Crippen molar-refractivity contribution in [1.29, 1.82) is 0 Å². The summed E-state index contributed by atoms with van der Waals surface area (Å²) < 4.78 is 0. The normalized spacial score (nSPS) is 39.9. The quantitative estimate of drug-likeness (QED) is 0.603. The summed E-state index contributed by atoms with van der Waals surface area (Å²) in [4.78, 5) is 0. The zero-order valence-corrected chi connectivity index (χ0v) is 7.02. The third-order valence-corrected chi connectivity index (χ3v) is 2.16. The molecule has 1 aliphatic rings. The Kier molecular flexibility index (Phi) is 1.57. The molecule has 1 saturated carbocycles. The third kappa shape index (κ3) is 1.70. The van der Waals surface area contributed by atoms with Gasteiger partial charge in [0.05, 0.1) is 6.10 Å². The number of aliphatic hydroxyl groups is 1. The van der Waals surface area contributed by atoms with Gasteiger partial charge >= 0.3 is 0 Å². The summed E-state index contributed by atoms with van der Waals surface area (Å²) in [6.07, 6.45) is 1.74. The highest BCUT2D eigenvalue weighted by Gasteiger charge is 2.50. The Hall–Kier alpha value is -0.0800. The van der Waals surface area contributed by atoms with Crippen LogP contribution in [-0.4, -0.2) is 16.7 Å². The summed E-state index contributed by atoms with van der Waals surface area (Å²) in [5, 5.41) is 9.19. The second-order valence-electron chi connectivity index (χ2n) is 4.54.